The van der Waals surface area contributed by atoms with Gasteiger partial charge >= 0.3 is 12.4 Å². The zero-order chi connectivity index (χ0) is 38.3. The molecule has 1 aliphatic carbocycles. The first-order valence-electron chi connectivity index (χ1n) is 17.8. The molecule has 54 heavy (non-hydrogen) atoms. The summed E-state index contributed by atoms with van der Waals surface area (Å²) in [4.78, 5) is 23.7. The van der Waals surface area contributed by atoms with Gasteiger partial charge in [0.05, 0.1) is 40.8 Å². The second-order valence-corrected chi connectivity index (χ2v) is 15.9. The third-order valence-electron chi connectivity index (χ3n) is 10.2. The van der Waals surface area contributed by atoms with Crippen LogP contribution in [0.4, 0.5) is 32.0 Å². The van der Waals surface area contributed by atoms with Crippen LogP contribution in [0.3, 0.4) is 0 Å². The molecular formula is C38H39F6N5O4S. The van der Waals surface area contributed by atoms with Crippen molar-refractivity contribution in [3.63, 3.8) is 0 Å². The van der Waals surface area contributed by atoms with Gasteiger partial charge in [-0.3, -0.25) is 19.3 Å². The maximum absolute atomic E-state index is 14.7. The molecule has 1 atom stereocenters. The lowest BCUT2D eigenvalue weighted by atomic mass is 9.93. The Bertz CT molecular complexity index is 2100. The van der Waals surface area contributed by atoms with Crippen LogP contribution in [0.2, 0.25) is 0 Å². The van der Waals surface area contributed by atoms with E-state index >= 15 is 0 Å². The van der Waals surface area contributed by atoms with Crippen molar-refractivity contribution in [2.24, 2.45) is 0 Å². The van der Waals surface area contributed by atoms with Crippen LogP contribution in [-0.2, 0) is 27.5 Å². The largest absolute Gasteiger partial charge is 0.416 e. The summed E-state index contributed by atoms with van der Waals surface area (Å²) < 4.78 is 120. The number of piperidine rings is 1. The van der Waals surface area contributed by atoms with Gasteiger partial charge in [0.25, 0.3) is 5.91 Å². The summed E-state index contributed by atoms with van der Waals surface area (Å²) in [5.74, 6) is -1.14. The number of alkyl halides is 6. The van der Waals surface area contributed by atoms with E-state index in [9.17, 15) is 39.6 Å². The van der Waals surface area contributed by atoms with Crippen molar-refractivity contribution in [2.45, 2.75) is 61.9 Å². The molecule has 3 aromatic carbocycles. The summed E-state index contributed by atoms with van der Waals surface area (Å²) in [6.45, 7) is 3.90. The Morgan fingerprint density at radius 1 is 0.870 bits per heavy atom. The van der Waals surface area contributed by atoms with Gasteiger partial charge in [0.1, 0.15) is 0 Å². The topological polar surface area (TPSA) is 104 Å². The number of pyridine rings is 1. The van der Waals surface area contributed by atoms with Gasteiger partial charge in [-0.25, -0.2) is 13.4 Å². The number of nitrogens with zero attached hydrogens (tertiary/aromatic N) is 3. The van der Waals surface area contributed by atoms with Crippen molar-refractivity contribution in [1.29, 1.82) is 0 Å². The number of aromatic nitrogens is 1. The normalized spacial score (nSPS) is 18.8. The first kappa shape index (κ1) is 38.0. The SMILES string of the molecule is O=C(NC(c1ccccc1)C(F)(F)F)c1c(CN2CCC(N3CCOCC3)CC2)c(-c2cccc(C(F)(F)F)c2)nc2ccc(NS(=O)(=O)C3CC3)cc12. The molecule has 0 spiro atoms. The minimum Gasteiger partial charge on any atom is -0.379 e. The van der Waals surface area contributed by atoms with Crippen LogP contribution in [0, 0.1) is 0 Å². The molecule has 7 rings (SSSR count). The van der Waals surface area contributed by atoms with Crippen molar-refractivity contribution in [3.8, 4) is 11.3 Å². The minimum atomic E-state index is -4.92. The maximum atomic E-state index is 14.7. The Balaban J connectivity index is 1.37. The number of carbonyl (C=O) groups is 1. The number of amides is 1. The van der Waals surface area contributed by atoms with Gasteiger partial charge in [-0.15, -0.1) is 0 Å². The number of carbonyl (C=O) groups excluding carboxylic acids is 1. The Morgan fingerprint density at radius 2 is 1.57 bits per heavy atom. The number of hydrogen-bond acceptors (Lipinski definition) is 7. The summed E-state index contributed by atoms with van der Waals surface area (Å²) >= 11 is 0. The zero-order valence-corrected chi connectivity index (χ0v) is 29.9. The molecule has 2 aliphatic heterocycles. The lowest BCUT2D eigenvalue weighted by molar-refractivity contribution is -0.155. The Morgan fingerprint density at radius 3 is 2.22 bits per heavy atom. The smallest absolute Gasteiger partial charge is 0.379 e. The van der Waals surface area contributed by atoms with Gasteiger partial charge in [-0.2, -0.15) is 26.3 Å². The first-order valence-corrected chi connectivity index (χ1v) is 19.3. The second kappa shape index (κ2) is 15.1. The van der Waals surface area contributed by atoms with E-state index in [-0.39, 0.29) is 57.1 Å². The van der Waals surface area contributed by atoms with Crippen LogP contribution in [-0.4, -0.2) is 86.0 Å². The highest BCUT2D eigenvalue weighted by molar-refractivity contribution is 7.93. The van der Waals surface area contributed by atoms with E-state index in [1.54, 1.807) is 6.07 Å². The van der Waals surface area contributed by atoms with E-state index in [0.29, 0.717) is 39.1 Å². The monoisotopic (exact) mass is 775 g/mol. The average Bonchev–Trinajstić information content (AvgIpc) is 4.01. The molecule has 16 heteroatoms. The number of likely N-dealkylation sites (tertiary alicyclic amines) is 1. The Hall–Kier alpha value is -4.25. The molecule has 1 aromatic heterocycles. The molecule has 1 saturated carbocycles. The van der Waals surface area contributed by atoms with Gasteiger partial charge < -0.3 is 10.1 Å². The first-order chi connectivity index (χ1) is 25.7. The molecule has 1 unspecified atom stereocenters. The van der Waals surface area contributed by atoms with Crippen LogP contribution < -0.4 is 10.0 Å². The predicted octanol–water partition coefficient (Wildman–Crippen LogP) is 7.15. The highest BCUT2D eigenvalue weighted by Crippen LogP contribution is 2.39. The summed E-state index contributed by atoms with van der Waals surface area (Å²) in [6.07, 6.45) is -7.18. The van der Waals surface area contributed by atoms with E-state index < -0.39 is 45.1 Å². The molecule has 3 heterocycles. The number of ether oxygens (including phenoxy) is 1. The van der Waals surface area contributed by atoms with Gasteiger partial charge in [0, 0.05) is 47.9 Å². The molecule has 0 bridgehead atoms. The van der Waals surface area contributed by atoms with Gasteiger partial charge in [-0.1, -0.05) is 42.5 Å². The number of rotatable bonds is 10. The van der Waals surface area contributed by atoms with Crippen LogP contribution in [0.1, 0.15) is 58.8 Å². The third-order valence-corrected chi connectivity index (χ3v) is 12.1. The number of sulfonamides is 1. The third kappa shape index (κ3) is 8.51. The van der Waals surface area contributed by atoms with Gasteiger partial charge in [-0.05, 0) is 74.7 Å². The van der Waals surface area contributed by atoms with E-state index in [2.05, 4.69) is 14.9 Å². The molecule has 1 amide bonds. The molecule has 2 saturated heterocycles. The zero-order valence-electron chi connectivity index (χ0n) is 29.1. The van der Waals surface area contributed by atoms with E-state index in [1.165, 1.54) is 54.6 Å². The van der Waals surface area contributed by atoms with Crippen LogP contribution >= 0.6 is 0 Å². The molecule has 4 aromatic rings. The predicted molar refractivity (Wildman–Crippen MR) is 191 cm³/mol. The number of halogens is 6. The lowest BCUT2D eigenvalue weighted by Gasteiger charge is -2.40. The highest BCUT2D eigenvalue weighted by Gasteiger charge is 2.43. The van der Waals surface area contributed by atoms with Crippen LogP contribution in [0.15, 0.2) is 72.8 Å². The van der Waals surface area contributed by atoms with Crippen molar-refractivity contribution in [2.75, 3.05) is 44.1 Å². The van der Waals surface area contributed by atoms with E-state index in [0.717, 1.165) is 38.1 Å². The lowest BCUT2D eigenvalue weighted by Crippen LogP contribution is -2.48. The van der Waals surface area contributed by atoms with Crippen molar-refractivity contribution < 1.29 is 44.3 Å². The molecule has 3 fully saturated rings. The van der Waals surface area contributed by atoms with Crippen LogP contribution in [0.5, 0.6) is 0 Å². The highest BCUT2D eigenvalue weighted by atomic mass is 32.2. The number of morpholine rings is 1. The second-order valence-electron chi connectivity index (χ2n) is 14.0. The molecule has 3 aliphatic rings. The van der Waals surface area contributed by atoms with Crippen LogP contribution in [0.25, 0.3) is 22.2 Å². The van der Waals surface area contributed by atoms with Gasteiger partial charge in [0.15, 0.2) is 6.04 Å². The number of hydrogen-bond donors (Lipinski definition) is 2. The van der Waals surface area contributed by atoms with Crippen molar-refractivity contribution in [1.82, 2.24) is 20.1 Å². The molecule has 2 N–H and O–H groups in total. The standard InChI is InChI=1S/C38H39F6N5O4S/c39-37(40,41)26-8-4-7-25(21-26)34-31(23-48-15-13-28(14-16-48)49-17-19-53-20-18-49)33(36(50)46-35(38(42,43)44)24-5-2-1-3-6-24)30-22-27(9-12-32(30)45-34)47-54(51,52)29-10-11-29/h1-9,12,21-22,28-29,35,47H,10-11,13-20,23H2,(H,46,50). The summed E-state index contributed by atoms with van der Waals surface area (Å²) in [5, 5.41) is 1.63. The van der Waals surface area contributed by atoms with Crippen molar-refractivity contribution >= 4 is 32.5 Å². The molecule has 9 nitrogen and oxygen atoms in total. The fourth-order valence-corrected chi connectivity index (χ4v) is 8.68. The number of nitrogens with one attached hydrogen (secondary N) is 2. The Kier molecular flexibility index (Phi) is 10.6. The van der Waals surface area contributed by atoms with E-state index in [4.69, 9.17) is 9.72 Å². The fourth-order valence-electron chi connectivity index (χ4n) is 7.30. The maximum Gasteiger partial charge on any atom is 0.416 e. The summed E-state index contributed by atoms with van der Waals surface area (Å²) in [7, 11) is -3.78. The van der Waals surface area contributed by atoms with Crippen molar-refractivity contribution in [3.05, 3.63) is 95.1 Å². The molecule has 0 radical (unpaired) electrons. The quantitative estimate of drug-likeness (QED) is 0.165. The molecular weight excluding hydrogens is 737 g/mol. The van der Waals surface area contributed by atoms with E-state index in [1.807, 2.05) is 4.90 Å². The number of benzene rings is 3. The number of fused-ring (bicyclic) bond motifs is 1. The minimum absolute atomic E-state index is 0.00336. The number of anilines is 1. The Labute approximate surface area is 308 Å². The fraction of sp³-hybridized carbons (Fsp3) is 0.421. The molecule has 288 valence electrons. The summed E-state index contributed by atoms with van der Waals surface area (Å²) in [6, 6.07) is 13.3. The summed E-state index contributed by atoms with van der Waals surface area (Å²) in [5.41, 5.74) is -1.11. The average molecular weight is 776 g/mol. The van der Waals surface area contributed by atoms with Gasteiger partial charge in [0.2, 0.25) is 10.0 Å².